The minimum absolute atomic E-state index is 0.0390. The quantitative estimate of drug-likeness (QED) is 0.885. The standard InChI is InChI=1S/C14H20N2O2/c1-10(2)18-13-5-3-4-11(8-13)14(17)16-7-6-12(15)9-16/h3-5,8,10,12H,6-7,9,15H2,1-2H3. The van der Waals surface area contributed by atoms with Gasteiger partial charge in [-0.1, -0.05) is 6.07 Å². The topological polar surface area (TPSA) is 55.6 Å². The summed E-state index contributed by atoms with van der Waals surface area (Å²) in [7, 11) is 0. The molecule has 1 heterocycles. The number of likely N-dealkylation sites (tertiary alicyclic amines) is 1. The predicted octanol–water partition coefficient (Wildman–Crippen LogP) is 1.65. The summed E-state index contributed by atoms with van der Waals surface area (Å²) in [6.07, 6.45) is 0.990. The molecule has 1 saturated heterocycles. The first kappa shape index (κ1) is 12.9. The molecule has 0 aromatic heterocycles. The number of amides is 1. The fourth-order valence-corrected chi connectivity index (χ4v) is 2.13. The molecule has 1 unspecified atom stereocenters. The zero-order valence-electron chi connectivity index (χ0n) is 10.9. The third kappa shape index (κ3) is 3.01. The predicted molar refractivity (Wildman–Crippen MR) is 70.7 cm³/mol. The van der Waals surface area contributed by atoms with Crippen LogP contribution in [0.5, 0.6) is 5.75 Å². The Morgan fingerprint density at radius 2 is 2.28 bits per heavy atom. The van der Waals surface area contributed by atoms with Gasteiger partial charge in [0.05, 0.1) is 6.10 Å². The van der Waals surface area contributed by atoms with E-state index >= 15 is 0 Å². The molecule has 1 aromatic rings. The van der Waals surface area contributed by atoms with Crippen LogP contribution in [0.3, 0.4) is 0 Å². The molecule has 4 heteroatoms. The minimum atomic E-state index is 0.0390. The summed E-state index contributed by atoms with van der Waals surface area (Å²) in [6, 6.07) is 7.45. The van der Waals surface area contributed by atoms with Crippen molar-refractivity contribution in [3.63, 3.8) is 0 Å². The van der Waals surface area contributed by atoms with E-state index in [-0.39, 0.29) is 18.1 Å². The monoisotopic (exact) mass is 248 g/mol. The van der Waals surface area contributed by atoms with Gasteiger partial charge in [-0.15, -0.1) is 0 Å². The number of nitrogens with zero attached hydrogens (tertiary/aromatic N) is 1. The second-order valence-electron chi connectivity index (χ2n) is 4.99. The Bertz CT molecular complexity index is 432. The Kier molecular flexibility index (Phi) is 3.87. The Morgan fingerprint density at radius 3 is 2.89 bits per heavy atom. The van der Waals surface area contributed by atoms with Gasteiger partial charge < -0.3 is 15.4 Å². The largest absolute Gasteiger partial charge is 0.491 e. The summed E-state index contributed by atoms with van der Waals surface area (Å²) >= 11 is 0. The Hall–Kier alpha value is -1.55. The van der Waals surface area contributed by atoms with Gasteiger partial charge in [-0.2, -0.15) is 0 Å². The van der Waals surface area contributed by atoms with Gasteiger partial charge in [0.1, 0.15) is 5.75 Å². The van der Waals surface area contributed by atoms with E-state index in [0.717, 1.165) is 18.7 Å². The van der Waals surface area contributed by atoms with Crippen molar-refractivity contribution < 1.29 is 9.53 Å². The lowest BCUT2D eigenvalue weighted by Gasteiger charge is -2.17. The van der Waals surface area contributed by atoms with Crippen LogP contribution in [0.25, 0.3) is 0 Å². The van der Waals surface area contributed by atoms with Crippen molar-refractivity contribution in [3.8, 4) is 5.75 Å². The molecule has 1 aliphatic rings. The molecule has 1 fully saturated rings. The highest BCUT2D eigenvalue weighted by Crippen LogP contribution is 2.18. The first-order valence-corrected chi connectivity index (χ1v) is 6.38. The average Bonchev–Trinajstić information content (AvgIpc) is 2.74. The molecule has 0 bridgehead atoms. The first-order chi connectivity index (χ1) is 8.56. The Morgan fingerprint density at radius 1 is 1.50 bits per heavy atom. The van der Waals surface area contributed by atoms with Gasteiger partial charge in [0, 0.05) is 24.7 Å². The van der Waals surface area contributed by atoms with Crippen molar-refractivity contribution in [2.45, 2.75) is 32.4 Å². The van der Waals surface area contributed by atoms with Gasteiger partial charge in [0.25, 0.3) is 5.91 Å². The molecule has 2 N–H and O–H groups in total. The van der Waals surface area contributed by atoms with Crippen LogP contribution in [0.1, 0.15) is 30.6 Å². The molecule has 18 heavy (non-hydrogen) atoms. The lowest BCUT2D eigenvalue weighted by atomic mass is 10.2. The van der Waals surface area contributed by atoms with E-state index in [9.17, 15) is 4.79 Å². The number of carbonyl (C=O) groups is 1. The molecule has 2 rings (SSSR count). The van der Waals surface area contributed by atoms with Crippen molar-refractivity contribution >= 4 is 5.91 Å². The summed E-state index contributed by atoms with van der Waals surface area (Å²) in [5, 5.41) is 0. The van der Waals surface area contributed by atoms with E-state index in [0.29, 0.717) is 12.1 Å². The molecule has 0 radical (unpaired) electrons. The third-order valence-corrected chi connectivity index (χ3v) is 2.96. The van der Waals surface area contributed by atoms with Crippen molar-refractivity contribution in [2.24, 2.45) is 5.73 Å². The number of hydrogen-bond donors (Lipinski definition) is 1. The maximum Gasteiger partial charge on any atom is 0.254 e. The van der Waals surface area contributed by atoms with E-state index in [1.165, 1.54) is 0 Å². The van der Waals surface area contributed by atoms with Crippen LogP contribution >= 0.6 is 0 Å². The lowest BCUT2D eigenvalue weighted by Crippen LogP contribution is -2.31. The number of nitrogens with two attached hydrogens (primary N) is 1. The van der Waals surface area contributed by atoms with Crippen LogP contribution in [0.4, 0.5) is 0 Å². The number of hydrogen-bond acceptors (Lipinski definition) is 3. The maximum atomic E-state index is 12.2. The molecular weight excluding hydrogens is 228 g/mol. The Labute approximate surface area is 108 Å². The van der Waals surface area contributed by atoms with Gasteiger partial charge in [-0.25, -0.2) is 0 Å². The minimum Gasteiger partial charge on any atom is -0.491 e. The van der Waals surface area contributed by atoms with E-state index < -0.39 is 0 Å². The van der Waals surface area contributed by atoms with Crippen LogP contribution in [-0.4, -0.2) is 36.0 Å². The zero-order chi connectivity index (χ0) is 13.1. The number of ether oxygens (including phenoxy) is 1. The molecule has 1 aromatic carbocycles. The normalized spacial score (nSPS) is 19.3. The van der Waals surface area contributed by atoms with Crippen molar-refractivity contribution in [2.75, 3.05) is 13.1 Å². The summed E-state index contributed by atoms with van der Waals surface area (Å²) in [4.78, 5) is 14.1. The van der Waals surface area contributed by atoms with Gasteiger partial charge in [-0.05, 0) is 38.5 Å². The molecule has 4 nitrogen and oxygen atoms in total. The maximum absolute atomic E-state index is 12.2. The molecule has 0 aliphatic carbocycles. The van der Waals surface area contributed by atoms with E-state index in [1.807, 2.05) is 32.0 Å². The number of benzene rings is 1. The summed E-state index contributed by atoms with van der Waals surface area (Å²) in [6.45, 7) is 5.32. The first-order valence-electron chi connectivity index (χ1n) is 6.38. The lowest BCUT2D eigenvalue weighted by molar-refractivity contribution is 0.0790. The van der Waals surface area contributed by atoms with Gasteiger partial charge in [0.15, 0.2) is 0 Å². The molecule has 1 atom stereocenters. The average molecular weight is 248 g/mol. The SMILES string of the molecule is CC(C)Oc1cccc(C(=O)N2CCC(N)C2)c1. The fourth-order valence-electron chi connectivity index (χ4n) is 2.13. The third-order valence-electron chi connectivity index (χ3n) is 2.96. The smallest absolute Gasteiger partial charge is 0.254 e. The van der Waals surface area contributed by atoms with Crippen LogP contribution in [0, 0.1) is 0 Å². The van der Waals surface area contributed by atoms with Crippen LogP contribution in [0.2, 0.25) is 0 Å². The zero-order valence-corrected chi connectivity index (χ0v) is 10.9. The number of carbonyl (C=O) groups excluding carboxylic acids is 1. The second kappa shape index (κ2) is 5.40. The Balaban J connectivity index is 2.10. The molecule has 0 saturated carbocycles. The highest BCUT2D eigenvalue weighted by Gasteiger charge is 2.24. The van der Waals surface area contributed by atoms with Crippen LogP contribution in [-0.2, 0) is 0 Å². The van der Waals surface area contributed by atoms with Crippen LogP contribution in [0.15, 0.2) is 24.3 Å². The van der Waals surface area contributed by atoms with Crippen molar-refractivity contribution in [1.29, 1.82) is 0 Å². The highest BCUT2D eigenvalue weighted by molar-refractivity contribution is 5.94. The van der Waals surface area contributed by atoms with E-state index in [1.54, 1.807) is 11.0 Å². The molecular formula is C14H20N2O2. The molecule has 1 amide bonds. The number of rotatable bonds is 3. The van der Waals surface area contributed by atoms with Gasteiger partial charge >= 0.3 is 0 Å². The van der Waals surface area contributed by atoms with E-state index in [2.05, 4.69) is 0 Å². The van der Waals surface area contributed by atoms with Gasteiger partial charge in [-0.3, -0.25) is 4.79 Å². The van der Waals surface area contributed by atoms with Crippen molar-refractivity contribution in [1.82, 2.24) is 4.90 Å². The van der Waals surface area contributed by atoms with Crippen molar-refractivity contribution in [3.05, 3.63) is 29.8 Å². The fraction of sp³-hybridized carbons (Fsp3) is 0.500. The summed E-state index contributed by atoms with van der Waals surface area (Å²) < 4.78 is 5.59. The highest BCUT2D eigenvalue weighted by atomic mass is 16.5. The molecule has 98 valence electrons. The van der Waals surface area contributed by atoms with Crippen LogP contribution < -0.4 is 10.5 Å². The summed E-state index contributed by atoms with van der Waals surface area (Å²) in [5.41, 5.74) is 6.49. The second-order valence-corrected chi connectivity index (χ2v) is 4.99. The summed E-state index contributed by atoms with van der Waals surface area (Å²) in [5.74, 6) is 0.775. The molecule has 0 spiro atoms. The molecule has 1 aliphatic heterocycles. The van der Waals surface area contributed by atoms with Gasteiger partial charge in [0.2, 0.25) is 0 Å². The van der Waals surface area contributed by atoms with E-state index in [4.69, 9.17) is 10.5 Å².